The molecule has 1 atom stereocenters. The minimum atomic E-state index is -2.75. The van der Waals surface area contributed by atoms with E-state index in [0.717, 1.165) is 12.8 Å². The number of hydrogen-bond donors (Lipinski definition) is 0. The first-order valence-electron chi connectivity index (χ1n) is 14.9. The third kappa shape index (κ3) is 4.52. The van der Waals surface area contributed by atoms with Crippen LogP contribution in [0.25, 0.3) is 11.1 Å². The normalized spacial score (nSPS) is 16.4. The van der Waals surface area contributed by atoms with Crippen molar-refractivity contribution in [1.82, 2.24) is 0 Å². The molecule has 0 radical (unpaired) electrons. The van der Waals surface area contributed by atoms with E-state index in [1.807, 2.05) is 0 Å². The van der Waals surface area contributed by atoms with E-state index in [2.05, 4.69) is 139 Å². The first-order valence-corrected chi connectivity index (χ1v) is 18.8. The average molecular weight is 600 g/mol. The zero-order valence-electron chi connectivity index (χ0n) is 24.8. The third-order valence-electron chi connectivity index (χ3n) is 9.57. The summed E-state index contributed by atoms with van der Waals surface area (Å²) in [6.07, 6.45) is 2.14. The van der Waals surface area contributed by atoms with Crippen molar-refractivity contribution in [2.45, 2.75) is 58.0 Å². The van der Waals surface area contributed by atoms with Gasteiger partial charge in [0, 0.05) is 0 Å². The van der Waals surface area contributed by atoms with Crippen LogP contribution in [0.15, 0.2) is 117 Å². The number of hydrogen-bond acceptors (Lipinski definition) is 0. The molecule has 200 valence electrons. The number of fused-ring (bicyclic) bond motifs is 3. The van der Waals surface area contributed by atoms with Gasteiger partial charge in [-0.15, -0.1) is 0 Å². The standard InChI is InChI=1S/C17H17.C13H10.C9H13.Zr/c1-3-12-5-7-16-14(9-12)11-15-10-13(4-2)6-8-17(15)16;1-3-7-12(8-4-1)11-13-9-5-2-6-10-13;1-6-5-7(2)9(4)8(6)3;/h5-11H,3-4H2,1-2H3;1-10H;6H,1-4H3;. The van der Waals surface area contributed by atoms with Crippen LogP contribution in [0.1, 0.15) is 78.5 Å². The summed E-state index contributed by atoms with van der Waals surface area (Å²) in [6.45, 7) is 14.2. The Balaban J connectivity index is 1.79. The van der Waals surface area contributed by atoms with Crippen molar-refractivity contribution in [2.75, 3.05) is 0 Å². The van der Waals surface area contributed by atoms with Crippen LogP contribution >= 0.6 is 0 Å². The quantitative estimate of drug-likeness (QED) is 0.207. The molecule has 0 aliphatic heterocycles. The van der Waals surface area contributed by atoms with E-state index in [-0.39, 0.29) is 0 Å². The van der Waals surface area contributed by atoms with Crippen LogP contribution in [0, 0.1) is 5.92 Å². The van der Waals surface area contributed by atoms with Crippen molar-refractivity contribution in [2.24, 2.45) is 5.92 Å². The second-order valence-electron chi connectivity index (χ2n) is 11.6. The van der Waals surface area contributed by atoms with Crippen molar-refractivity contribution in [3.8, 4) is 11.1 Å². The molecule has 2 aliphatic carbocycles. The van der Waals surface area contributed by atoms with Gasteiger partial charge >= 0.3 is 250 Å². The minimum absolute atomic E-state index is 0.451. The van der Waals surface area contributed by atoms with E-state index in [1.165, 1.54) is 39.0 Å². The molecule has 2 aliphatic rings. The number of aryl methyl sites for hydroxylation is 2. The summed E-state index contributed by atoms with van der Waals surface area (Å²) in [5.74, 6) is 0.494. The van der Waals surface area contributed by atoms with Crippen molar-refractivity contribution >= 4 is 3.21 Å². The zero-order valence-corrected chi connectivity index (χ0v) is 27.3. The van der Waals surface area contributed by atoms with Crippen LogP contribution < -0.4 is 0 Å². The second kappa shape index (κ2) is 11.2. The van der Waals surface area contributed by atoms with Crippen LogP contribution in [0.5, 0.6) is 0 Å². The van der Waals surface area contributed by atoms with E-state index in [9.17, 15) is 0 Å². The third-order valence-corrected chi connectivity index (χ3v) is 18.7. The van der Waals surface area contributed by atoms with Gasteiger partial charge < -0.3 is 0 Å². The Morgan fingerprint density at radius 2 is 1.10 bits per heavy atom. The Kier molecular flexibility index (Phi) is 7.63. The molecule has 0 bridgehead atoms. The molecule has 1 unspecified atom stereocenters. The van der Waals surface area contributed by atoms with E-state index in [4.69, 9.17) is 0 Å². The van der Waals surface area contributed by atoms with Gasteiger partial charge in [0.25, 0.3) is 0 Å². The second-order valence-corrected chi connectivity index (χ2v) is 17.6. The Morgan fingerprint density at radius 1 is 0.625 bits per heavy atom. The Hall–Kier alpha value is -2.89. The SMILES string of the molecule is CCc1ccc2c(c1)[CH]([Zr]([C]1=C(C)C(C)=C(C)C1C)=[C](c1ccccc1)c1ccccc1)c1cc(CC)ccc1-2. The fraction of sp³-hybridized carbons (Fsp3) is 0.256. The molecule has 40 heavy (non-hydrogen) atoms. The average Bonchev–Trinajstić information content (AvgIpc) is 3.41. The first kappa shape index (κ1) is 27.3. The van der Waals surface area contributed by atoms with E-state index in [1.54, 1.807) is 28.8 Å². The Morgan fingerprint density at radius 3 is 1.50 bits per heavy atom. The number of allylic oxidation sites excluding steroid dienone is 4. The monoisotopic (exact) mass is 598 g/mol. The summed E-state index contributed by atoms with van der Waals surface area (Å²) >= 11 is -2.75. The van der Waals surface area contributed by atoms with Crippen molar-refractivity contribution in [1.29, 1.82) is 0 Å². The summed E-state index contributed by atoms with van der Waals surface area (Å²) in [7, 11) is 0. The Bertz CT molecular complexity index is 1590. The maximum atomic E-state index is 2.57. The molecule has 4 aromatic rings. The van der Waals surface area contributed by atoms with Crippen molar-refractivity contribution < 1.29 is 21.3 Å². The van der Waals surface area contributed by atoms with E-state index in [0.29, 0.717) is 9.54 Å². The molecule has 6 rings (SSSR count). The zero-order chi connectivity index (χ0) is 28.0. The van der Waals surface area contributed by atoms with Crippen LogP contribution in [0.2, 0.25) is 0 Å². The topological polar surface area (TPSA) is 0 Å². The number of benzene rings is 4. The van der Waals surface area contributed by atoms with Gasteiger partial charge in [-0.1, -0.05) is 0 Å². The molecule has 0 saturated heterocycles. The molecule has 0 aromatic heterocycles. The van der Waals surface area contributed by atoms with Crippen molar-refractivity contribution in [3.63, 3.8) is 0 Å². The van der Waals surface area contributed by atoms with Gasteiger partial charge in [0.1, 0.15) is 0 Å². The molecule has 0 nitrogen and oxygen atoms in total. The van der Waals surface area contributed by atoms with Gasteiger partial charge in [0.2, 0.25) is 0 Å². The summed E-state index contributed by atoms with van der Waals surface area (Å²) in [6, 6.07) is 37.4. The van der Waals surface area contributed by atoms with Crippen molar-refractivity contribution in [3.05, 3.63) is 150 Å². The molecular formula is C39H40Zr. The van der Waals surface area contributed by atoms with E-state index >= 15 is 0 Å². The van der Waals surface area contributed by atoms with Crippen LogP contribution in [-0.2, 0) is 34.1 Å². The van der Waals surface area contributed by atoms with Gasteiger partial charge in [0.15, 0.2) is 0 Å². The Labute approximate surface area is 248 Å². The van der Waals surface area contributed by atoms with Crippen LogP contribution in [0.4, 0.5) is 0 Å². The van der Waals surface area contributed by atoms with Gasteiger partial charge in [-0.2, -0.15) is 0 Å². The number of rotatable bonds is 6. The summed E-state index contributed by atoms with van der Waals surface area (Å²) in [4.78, 5) is 0. The summed E-state index contributed by atoms with van der Waals surface area (Å²) in [5.41, 5.74) is 16.4. The first-order chi connectivity index (χ1) is 19.4. The predicted octanol–water partition coefficient (Wildman–Crippen LogP) is 10.0. The van der Waals surface area contributed by atoms with Gasteiger partial charge in [0.05, 0.1) is 0 Å². The molecule has 0 saturated carbocycles. The molecule has 0 spiro atoms. The molecule has 0 amide bonds. The predicted molar refractivity (Wildman–Crippen MR) is 169 cm³/mol. The maximum absolute atomic E-state index is 2.75. The molecule has 0 N–H and O–H groups in total. The molecule has 0 heterocycles. The molecule has 1 heteroatoms. The molecular weight excluding hydrogens is 560 g/mol. The summed E-state index contributed by atoms with van der Waals surface area (Å²) < 4.78 is 3.87. The van der Waals surface area contributed by atoms with E-state index < -0.39 is 21.3 Å². The molecule has 4 aromatic carbocycles. The van der Waals surface area contributed by atoms with Gasteiger partial charge in [-0.25, -0.2) is 0 Å². The van der Waals surface area contributed by atoms with Crippen LogP contribution in [0.3, 0.4) is 0 Å². The van der Waals surface area contributed by atoms with Gasteiger partial charge in [-0.05, 0) is 0 Å². The van der Waals surface area contributed by atoms with Crippen LogP contribution in [-0.4, -0.2) is 3.21 Å². The van der Waals surface area contributed by atoms with Gasteiger partial charge in [-0.3, -0.25) is 0 Å². The molecule has 0 fully saturated rings. The fourth-order valence-corrected chi connectivity index (χ4v) is 17.4. The fourth-order valence-electron chi connectivity index (χ4n) is 7.03. The summed E-state index contributed by atoms with van der Waals surface area (Å²) in [5, 5.41) is 0.